The third-order valence-corrected chi connectivity index (χ3v) is 5.69. The molecular weight excluding hydrogens is 306 g/mol. The second-order valence-electron chi connectivity index (χ2n) is 2.40. The molecule has 0 aromatic rings. The van der Waals surface area contributed by atoms with Crippen LogP contribution < -0.4 is 5.73 Å². The molecule has 0 aromatic carbocycles. The van der Waals surface area contributed by atoms with E-state index in [1.54, 1.807) is 0 Å². The summed E-state index contributed by atoms with van der Waals surface area (Å²) in [6, 6.07) is 0. The van der Waals surface area contributed by atoms with E-state index < -0.39 is 45.7 Å². The summed E-state index contributed by atoms with van der Waals surface area (Å²) in [6.45, 7) is 0. The average Bonchev–Trinajstić information content (AvgIpc) is 1.96. The fourth-order valence-corrected chi connectivity index (χ4v) is 4.74. The second kappa shape index (κ2) is 5.07. The second-order valence-corrected chi connectivity index (χ2v) is 9.26. The molecule has 13 heteroatoms. The quantitative estimate of drug-likeness (QED) is 0.263. The van der Waals surface area contributed by atoms with E-state index in [-0.39, 0.29) is 10.8 Å². The number of hydrogen-bond donors (Lipinski definition) is 4. The van der Waals surface area contributed by atoms with Gasteiger partial charge in [0, 0.05) is 10.8 Å². The lowest BCUT2D eigenvalue weighted by Crippen LogP contribution is -2.48. The minimum absolute atomic E-state index is 0.265. The molecule has 0 rings (SSSR count). The number of carbonyl (C=O) groups is 1. The van der Waals surface area contributed by atoms with Crippen molar-refractivity contribution in [3.63, 3.8) is 0 Å². The van der Waals surface area contributed by atoms with Crippen molar-refractivity contribution in [3.8, 4) is 0 Å². The molecule has 0 fully saturated rings. The van der Waals surface area contributed by atoms with E-state index in [0.717, 1.165) is 0 Å². The van der Waals surface area contributed by atoms with E-state index in [2.05, 4.69) is 0 Å². The highest BCUT2D eigenvalue weighted by Crippen LogP contribution is 2.30. The van der Waals surface area contributed by atoms with Crippen LogP contribution in [0.1, 0.15) is 0 Å². The molecule has 9 nitrogen and oxygen atoms in total. The zero-order valence-electron chi connectivity index (χ0n) is 7.30. The number of carboxylic acids is 1. The summed E-state index contributed by atoms with van der Waals surface area (Å²) >= 11 is 0. The Morgan fingerprint density at radius 2 is 1.62 bits per heavy atom. The number of carboxylic acid groups (broad SMARTS) is 1. The van der Waals surface area contributed by atoms with Crippen LogP contribution in [0.4, 0.5) is 0 Å². The number of hydrogen-bond acceptors (Lipinski definition) is 8. The first-order chi connectivity index (χ1) is 6.86. The fourth-order valence-electron chi connectivity index (χ4n) is 0.471. The topological polar surface area (TPSA) is 172 Å². The maximum atomic E-state index is 10.6. The molecular formula is C3H7NO8S4. The molecule has 0 aromatic heterocycles. The van der Waals surface area contributed by atoms with Crippen LogP contribution in [0.25, 0.3) is 0 Å². The molecule has 0 radical (unpaired) electrons. The van der Waals surface area contributed by atoms with E-state index in [4.69, 9.17) is 19.9 Å². The zero-order chi connectivity index (χ0) is 13.2. The van der Waals surface area contributed by atoms with Gasteiger partial charge < -0.3 is 10.8 Å². The van der Waals surface area contributed by atoms with Crippen molar-refractivity contribution < 1.29 is 35.8 Å². The number of nitrogens with two attached hydrogens (primary N) is 1. The van der Waals surface area contributed by atoms with Crippen molar-refractivity contribution in [2.75, 3.05) is 5.75 Å². The molecule has 0 aliphatic heterocycles. The van der Waals surface area contributed by atoms with Crippen LogP contribution in [0, 0.1) is 0 Å². The zero-order valence-corrected chi connectivity index (χ0v) is 10.6. The van der Waals surface area contributed by atoms with E-state index in [0.29, 0.717) is 0 Å². The van der Waals surface area contributed by atoms with Crippen LogP contribution in [0.2, 0.25) is 0 Å². The Kier molecular flexibility index (Phi) is 5.06. The van der Waals surface area contributed by atoms with E-state index in [1.165, 1.54) is 0 Å². The third-order valence-electron chi connectivity index (χ3n) is 1.04. The highest BCUT2D eigenvalue weighted by atomic mass is 33.2. The normalized spacial score (nSPS) is 16.7. The standard InChI is InChI=1S/C3H7NO8S4/c4-3(2(5)6,14-16(10,11)12)1-13-15(7,8)9/h1,4H2,(H,5,6)(H,7,8,9)(H,10,11,12)/t3-/m1/s1. The van der Waals surface area contributed by atoms with E-state index in [9.17, 15) is 21.6 Å². The molecule has 0 saturated heterocycles. The van der Waals surface area contributed by atoms with E-state index in [1.807, 2.05) is 0 Å². The summed E-state index contributed by atoms with van der Waals surface area (Å²) in [5, 5.41) is 8.58. The molecule has 1 atom stereocenters. The maximum absolute atomic E-state index is 10.6. The van der Waals surface area contributed by atoms with Crippen LogP contribution in [0.5, 0.6) is 0 Å². The molecule has 0 spiro atoms. The van der Waals surface area contributed by atoms with Crippen LogP contribution in [-0.2, 0) is 23.1 Å². The lowest BCUT2D eigenvalue weighted by Gasteiger charge is -2.20. The lowest BCUT2D eigenvalue weighted by atomic mass is 10.4. The predicted octanol–water partition coefficient (Wildman–Crippen LogP) is -1.20. The average molecular weight is 313 g/mol. The van der Waals surface area contributed by atoms with Crippen LogP contribution >= 0.6 is 21.6 Å². The van der Waals surface area contributed by atoms with Crippen LogP contribution in [0.15, 0.2) is 0 Å². The van der Waals surface area contributed by atoms with Gasteiger partial charge in [0.2, 0.25) is 0 Å². The molecule has 0 aliphatic rings. The van der Waals surface area contributed by atoms with Gasteiger partial charge in [0.25, 0.3) is 0 Å². The lowest BCUT2D eigenvalue weighted by molar-refractivity contribution is -0.139. The van der Waals surface area contributed by atoms with Crippen molar-refractivity contribution in [3.05, 3.63) is 0 Å². The molecule has 0 saturated carbocycles. The van der Waals surface area contributed by atoms with Crippen LogP contribution in [0.3, 0.4) is 0 Å². The summed E-state index contributed by atoms with van der Waals surface area (Å²) in [7, 11) is -10.1. The monoisotopic (exact) mass is 313 g/mol. The largest absolute Gasteiger partial charge is 0.479 e. The summed E-state index contributed by atoms with van der Waals surface area (Å²) in [5.74, 6) is -2.82. The third kappa shape index (κ3) is 6.51. The summed E-state index contributed by atoms with van der Waals surface area (Å²) in [6.07, 6.45) is 0. The molecule has 0 heterocycles. The Balaban J connectivity index is 4.93. The van der Waals surface area contributed by atoms with Crippen molar-refractivity contribution >= 4 is 45.9 Å². The summed E-state index contributed by atoms with van der Waals surface area (Å²) in [4.78, 5) is 8.02. The Morgan fingerprint density at radius 1 is 1.19 bits per heavy atom. The molecule has 0 amide bonds. The van der Waals surface area contributed by atoms with Gasteiger partial charge in [-0.05, 0) is 10.8 Å². The van der Waals surface area contributed by atoms with Gasteiger partial charge in [-0.3, -0.25) is 9.11 Å². The van der Waals surface area contributed by atoms with Crippen LogP contribution in [-0.4, -0.2) is 47.6 Å². The number of aliphatic carboxylic acids is 1. The van der Waals surface area contributed by atoms with Crippen molar-refractivity contribution in [2.45, 2.75) is 4.87 Å². The minimum atomic E-state index is -4.77. The van der Waals surface area contributed by atoms with Gasteiger partial charge in [-0.1, -0.05) is 0 Å². The summed E-state index contributed by atoms with van der Waals surface area (Å²) in [5.41, 5.74) is 5.06. The summed E-state index contributed by atoms with van der Waals surface area (Å²) < 4.78 is 58.2. The molecule has 0 aliphatic carbocycles. The molecule has 5 N–H and O–H groups in total. The highest BCUT2D eigenvalue weighted by molar-refractivity contribution is 8.72. The first kappa shape index (κ1) is 16.0. The van der Waals surface area contributed by atoms with Crippen molar-refractivity contribution in [1.29, 1.82) is 0 Å². The Morgan fingerprint density at radius 3 is 1.88 bits per heavy atom. The van der Waals surface area contributed by atoms with Gasteiger partial charge in [0.1, 0.15) is 0 Å². The van der Waals surface area contributed by atoms with Gasteiger partial charge in [-0.2, -0.15) is 16.8 Å². The first-order valence-electron chi connectivity index (χ1n) is 3.18. The van der Waals surface area contributed by atoms with Crippen molar-refractivity contribution in [2.24, 2.45) is 5.73 Å². The molecule has 0 unspecified atom stereocenters. The van der Waals surface area contributed by atoms with Gasteiger partial charge in [0.05, 0.1) is 5.75 Å². The first-order valence-corrected chi connectivity index (χ1v) is 8.89. The Hall–Kier alpha value is -0.0500. The number of rotatable bonds is 6. The highest BCUT2D eigenvalue weighted by Gasteiger charge is 2.41. The fraction of sp³-hybridized carbons (Fsp3) is 0.667. The van der Waals surface area contributed by atoms with Gasteiger partial charge in [-0.25, -0.2) is 4.79 Å². The predicted molar refractivity (Wildman–Crippen MR) is 57.7 cm³/mol. The van der Waals surface area contributed by atoms with Gasteiger partial charge >= 0.3 is 24.3 Å². The van der Waals surface area contributed by atoms with E-state index >= 15 is 0 Å². The molecule has 0 bridgehead atoms. The van der Waals surface area contributed by atoms with Gasteiger partial charge in [-0.15, -0.1) is 0 Å². The Bertz CT molecular complexity index is 466. The molecule has 96 valence electrons. The Labute approximate surface area is 98.1 Å². The van der Waals surface area contributed by atoms with Gasteiger partial charge in [0.15, 0.2) is 4.87 Å². The smallest absolute Gasteiger partial charge is 0.336 e. The minimum Gasteiger partial charge on any atom is -0.479 e. The SMILES string of the molecule is N[C@](CSS(=O)(=O)O)(SS(=O)(=O)O)C(=O)O. The van der Waals surface area contributed by atoms with Crippen molar-refractivity contribution in [1.82, 2.24) is 0 Å². The maximum Gasteiger partial charge on any atom is 0.336 e. The molecule has 16 heavy (non-hydrogen) atoms.